The minimum atomic E-state index is -0.417. The number of aryl methyl sites for hydroxylation is 1. The van der Waals surface area contributed by atoms with Crippen LogP contribution in [0.5, 0.6) is 0 Å². The quantitative estimate of drug-likeness (QED) is 0.527. The monoisotopic (exact) mass is 431 g/mol. The third-order valence-corrected chi connectivity index (χ3v) is 5.73. The zero-order valence-corrected chi connectivity index (χ0v) is 17.9. The molecule has 0 aliphatic rings. The third kappa shape index (κ3) is 5.61. The van der Waals surface area contributed by atoms with Crippen LogP contribution in [0.1, 0.15) is 24.7 Å². The summed E-state index contributed by atoms with van der Waals surface area (Å²) in [6.45, 7) is 6.14. The first-order valence-corrected chi connectivity index (χ1v) is 10.7. The van der Waals surface area contributed by atoms with Crippen molar-refractivity contribution in [2.45, 2.75) is 44.1 Å². The summed E-state index contributed by atoms with van der Waals surface area (Å²) >= 11 is 2.60. The molecule has 0 saturated heterocycles. The maximum atomic E-state index is 12.4. The summed E-state index contributed by atoms with van der Waals surface area (Å²) in [5, 5.41) is 23.1. The fourth-order valence-corrected chi connectivity index (χ4v) is 4.02. The van der Waals surface area contributed by atoms with Crippen molar-refractivity contribution in [1.82, 2.24) is 25.0 Å². The van der Waals surface area contributed by atoms with Gasteiger partial charge in [-0.05, 0) is 32.9 Å². The Bertz CT molecular complexity index is 987. The van der Waals surface area contributed by atoms with E-state index in [-0.39, 0.29) is 18.2 Å². The highest BCUT2D eigenvalue weighted by Crippen LogP contribution is 2.24. The summed E-state index contributed by atoms with van der Waals surface area (Å²) in [6, 6.07) is 9.24. The molecule has 0 aliphatic carbocycles. The Morgan fingerprint density at radius 1 is 1.14 bits per heavy atom. The smallest absolute Gasteiger partial charge is 0.239 e. The van der Waals surface area contributed by atoms with Crippen LogP contribution < -0.4 is 10.6 Å². The highest BCUT2D eigenvalue weighted by Gasteiger charge is 2.21. The molecule has 0 fully saturated rings. The van der Waals surface area contributed by atoms with Crippen LogP contribution in [0.25, 0.3) is 0 Å². The minimum Gasteiger partial charge on any atom is -0.326 e. The Hall–Kier alpha value is -2.79. The van der Waals surface area contributed by atoms with Crippen LogP contribution in [0.15, 0.2) is 35.5 Å². The molecule has 2 heterocycles. The van der Waals surface area contributed by atoms with Crippen LogP contribution in [-0.2, 0) is 22.6 Å². The van der Waals surface area contributed by atoms with Gasteiger partial charge in [0.15, 0.2) is 5.16 Å². The Morgan fingerprint density at radius 2 is 1.90 bits per heavy atom. The maximum absolute atomic E-state index is 12.4. The molecule has 11 heteroatoms. The van der Waals surface area contributed by atoms with Crippen molar-refractivity contribution in [3.63, 3.8) is 0 Å². The number of anilines is 2. The van der Waals surface area contributed by atoms with Gasteiger partial charge < -0.3 is 9.88 Å². The number of nitrogens with zero attached hydrogens (tertiary/aromatic N) is 5. The first-order valence-electron chi connectivity index (χ1n) is 9.01. The number of carbonyl (C=O) groups is 2. The fourth-order valence-electron chi connectivity index (χ4n) is 2.49. The summed E-state index contributed by atoms with van der Waals surface area (Å²) in [5.41, 5.74) is 0.729. The van der Waals surface area contributed by atoms with Gasteiger partial charge in [0.05, 0.1) is 11.7 Å². The number of hydrogen-bond acceptors (Lipinski definition) is 8. The van der Waals surface area contributed by atoms with Crippen LogP contribution in [0.3, 0.4) is 0 Å². The molecular formula is C18H21N7O2S2. The molecule has 1 atom stereocenters. The molecule has 2 aromatic heterocycles. The number of nitrogens with one attached hydrogen (secondary N) is 2. The highest BCUT2D eigenvalue weighted by molar-refractivity contribution is 8.00. The summed E-state index contributed by atoms with van der Waals surface area (Å²) in [7, 11) is 0. The Morgan fingerprint density at radius 3 is 2.55 bits per heavy atom. The van der Waals surface area contributed by atoms with Crippen molar-refractivity contribution < 1.29 is 9.59 Å². The van der Waals surface area contributed by atoms with Crippen molar-refractivity contribution >= 4 is 45.7 Å². The van der Waals surface area contributed by atoms with E-state index in [9.17, 15) is 9.59 Å². The second-order valence-electron chi connectivity index (χ2n) is 6.11. The molecule has 0 bridgehead atoms. The zero-order valence-electron chi connectivity index (χ0n) is 16.2. The number of rotatable bonds is 8. The van der Waals surface area contributed by atoms with Gasteiger partial charge in [-0.2, -0.15) is 0 Å². The highest BCUT2D eigenvalue weighted by atomic mass is 32.2. The van der Waals surface area contributed by atoms with Crippen LogP contribution in [0, 0.1) is 6.92 Å². The van der Waals surface area contributed by atoms with Gasteiger partial charge in [0, 0.05) is 12.2 Å². The number of thioether (sulfide) groups is 1. The summed E-state index contributed by atoms with van der Waals surface area (Å²) in [5.74, 6) is 0.184. The van der Waals surface area contributed by atoms with Gasteiger partial charge in [0.25, 0.3) is 0 Å². The van der Waals surface area contributed by atoms with E-state index in [0.717, 1.165) is 10.7 Å². The number of aromatic nitrogens is 5. The lowest BCUT2D eigenvalue weighted by Crippen LogP contribution is -2.23. The van der Waals surface area contributed by atoms with Crippen LogP contribution in [-0.4, -0.2) is 42.0 Å². The van der Waals surface area contributed by atoms with E-state index in [4.69, 9.17) is 0 Å². The molecule has 3 aromatic rings. The summed E-state index contributed by atoms with van der Waals surface area (Å²) in [6.07, 6.45) is 0.0981. The SMILES string of the molecule is CCn1c(CC(=O)Nc2ccccc2)nnc1SC(C)C(=O)Nc1nnc(C)s1. The first kappa shape index (κ1) is 20.9. The second kappa shape index (κ2) is 9.61. The number of amides is 2. The van der Waals surface area contributed by atoms with E-state index in [0.29, 0.717) is 22.7 Å². The number of hydrogen-bond donors (Lipinski definition) is 2. The van der Waals surface area contributed by atoms with E-state index >= 15 is 0 Å². The minimum absolute atomic E-state index is 0.0981. The largest absolute Gasteiger partial charge is 0.326 e. The molecule has 1 unspecified atom stereocenters. The Labute approximate surface area is 176 Å². The lowest BCUT2D eigenvalue weighted by atomic mass is 10.3. The lowest BCUT2D eigenvalue weighted by molar-refractivity contribution is -0.116. The van der Waals surface area contributed by atoms with Crippen LogP contribution in [0.4, 0.5) is 10.8 Å². The van der Waals surface area contributed by atoms with Crippen LogP contribution >= 0.6 is 23.1 Å². The standard InChI is InChI=1S/C18H21N7O2S2/c1-4-25-14(10-15(26)19-13-8-6-5-7-9-13)22-24-18(25)28-11(2)16(27)20-17-23-21-12(3)29-17/h5-9,11H,4,10H2,1-3H3,(H,19,26)(H,20,23,27). The summed E-state index contributed by atoms with van der Waals surface area (Å²) < 4.78 is 1.84. The molecule has 0 saturated carbocycles. The molecule has 2 amide bonds. The average Bonchev–Trinajstić information content (AvgIpc) is 3.27. The van der Waals surface area contributed by atoms with Gasteiger partial charge in [-0.25, -0.2) is 0 Å². The molecule has 2 N–H and O–H groups in total. The average molecular weight is 432 g/mol. The molecule has 9 nitrogen and oxygen atoms in total. The van der Waals surface area contributed by atoms with E-state index in [2.05, 4.69) is 31.0 Å². The van der Waals surface area contributed by atoms with E-state index in [1.165, 1.54) is 23.1 Å². The Balaban J connectivity index is 1.62. The van der Waals surface area contributed by atoms with E-state index < -0.39 is 5.25 Å². The normalized spacial score (nSPS) is 11.8. The van der Waals surface area contributed by atoms with Crippen molar-refractivity contribution in [2.24, 2.45) is 0 Å². The zero-order chi connectivity index (χ0) is 20.8. The number of benzene rings is 1. The molecule has 152 valence electrons. The first-order chi connectivity index (χ1) is 14.0. The molecule has 0 aliphatic heterocycles. The maximum Gasteiger partial charge on any atom is 0.239 e. The number of carbonyl (C=O) groups excluding carboxylic acids is 2. The van der Waals surface area contributed by atoms with E-state index in [1.807, 2.05) is 48.7 Å². The van der Waals surface area contributed by atoms with E-state index in [1.54, 1.807) is 6.92 Å². The molecule has 1 aromatic carbocycles. The lowest BCUT2D eigenvalue weighted by Gasteiger charge is -2.11. The van der Waals surface area contributed by atoms with Crippen molar-refractivity contribution in [3.8, 4) is 0 Å². The summed E-state index contributed by atoms with van der Waals surface area (Å²) in [4.78, 5) is 24.7. The molecular weight excluding hydrogens is 410 g/mol. The number of para-hydroxylation sites is 1. The van der Waals surface area contributed by atoms with Gasteiger partial charge in [0.2, 0.25) is 16.9 Å². The van der Waals surface area contributed by atoms with Crippen molar-refractivity contribution in [3.05, 3.63) is 41.2 Å². The van der Waals surface area contributed by atoms with Gasteiger partial charge in [0.1, 0.15) is 10.8 Å². The van der Waals surface area contributed by atoms with Crippen molar-refractivity contribution in [2.75, 3.05) is 10.6 Å². The molecule has 3 rings (SSSR count). The van der Waals surface area contributed by atoms with Crippen molar-refractivity contribution in [1.29, 1.82) is 0 Å². The Kier molecular flexibility index (Phi) is 6.94. The molecule has 0 radical (unpaired) electrons. The second-order valence-corrected chi connectivity index (χ2v) is 8.60. The van der Waals surface area contributed by atoms with Gasteiger partial charge in [-0.15, -0.1) is 20.4 Å². The van der Waals surface area contributed by atoms with Gasteiger partial charge >= 0.3 is 0 Å². The predicted octanol–water partition coefficient (Wildman–Crippen LogP) is 2.76. The molecule has 0 spiro atoms. The fraction of sp³-hybridized carbons (Fsp3) is 0.333. The molecule has 29 heavy (non-hydrogen) atoms. The third-order valence-electron chi connectivity index (χ3n) is 3.89. The van der Waals surface area contributed by atoms with Gasteiger partial charge in [-0.3, -0.25) is 14.9 Å². The van der Waals surface area contributed by atoms with Crippen LogP contribution in [0.2, 0.25) is 0 Å². The predicted molar refractivity (Wildman–Crippen MR) is 113 cm³/mol. The topological polar surface area (TPSA) is 115 Å². The van der Waals surface area contributed by atoms with Gasteiger partial charge in [-0.1, -0.05) is 41.3 Å².